The third kappa shape index (κ3) is 3.48. The van der Waals surface area contributed by atoms with Crippen molar-refractivity contribution in [2.24, 2.45) is 0 Å². The minimum absolute atomic E-state index is 0.0321. The third-order valence-corrected chi connectivity index (χ3v) is 4.60. The van der Waals surface area contributed by atoms with E-state index in [4.69, 9.17) is 17.3 Å². The van der Waals surface area contributed by atoms with E-state index >= 15 is 0 Å². The summed E-state index contributed by atoms with van der Waals surface area (Å²) in [6.07, 6.45) is 0. The number of nitrogen functional groups attached to an aromatic ring is 1. The highest BCUT2D eigenvalue weighted by atomic mass is 35.5. The molecule has 21 heavy (non-hydrogen) atoms. The quantitative estimate of drug-likeness (QED) is 0.754. The molecule has 0 spiro atoms. The fourth-order valence-corrected chi connectivity index (χ4v) is 2.79. The normalized spacial score (nSPS) is 12.4. The van der Waals surface area contributed by atoms with Crippen molar-refractivity contribution in [2.45, 2.75) is 31.1 Å². The first kappa shape index (κ1) is 15.7. The molecule has 0 aliphatic rings. The average Bonchev–Trinajstić information content (AvgIpc) is 2.80. The van der Waals surface area contributed by atoms with Gasteiger partial charge in [-0.15, -0.1) is 0 Å². The van der Waals surface area contributed by atoms with E-state index in [1.807, 2.05) is 20.8 Å². The molecule has 0 amide bonds. The first-order valence-electron chi connectivity index (χ1n) is 6.23. The summed E-state index contributed by atoms with van der Waals surface area (Å²) in [6, 6.07) is 5.80. The van der Waals surface area contributed by atoms with Gasteiger partial charge in [-0.3, -0.25) is 9.82 Å². The minimum Gasteiger partial charge on any atom is -0.397 e. The van der Waals surface area contributed by atoms with Crippen LogP contribution in [0, 0.1) is 0 Å². The molecule has 0 fully saturated rings. The molecule has 1 heterocycles. The molecule has 0 aliphatic carbocycles. The zero-order chi connectivity index (χ0) is 15.8. The Bertz CT molecular complexity index is 763. The van der Waals surface area contributed by atoms with Crippen LogP contribution in [0.15, 0.2) is 29.2 Å². The van der Waals surface area contributed by atoms with Gasteiger partial charge in [0.25, 0.3) is 10.0 Å². The fraction of sp³-hybridized carbons (Fsp3) is 0.308. The fourth-order valence-electron chi connectivity index (χ4n) is 1.64. The van der Waals surface area contributed by atoms with Crippen LogP contribution >= 0.6 is 11.6 Å². The summed E-state index contributed by atoms with van der Waals surface area (Å²) in [6.45, 7) is 6.00. The Morgan fingerprint density at radius 1 is 1.29 bits per heavy atom. The number of nitrogens with one attached hydrogen (secondary N) is 2. The van der Waals surface area contributed by atoms with Gasteiger partial charge in [-0.05, 0) is 18.2 Å². The Morgan fingerprint density at radius 2 is 1.95 bits per heavy atom. The van der Waals surface area contributed by atoms with Crippen molar-refractivity contribution in [3.05, 3.63) is 35.0 Å². The molecule has 0 bridgehead atoms. The molecule has 114 valence electrons. The third-order valence-electron chi connectivity index (χ3n) is 2.90. The van der Waals surface area contributed by atoms with E-state index in [1.165, 1.54) is 18.2 Å². The number of H-pyrrole nitrogens is 1. The Kier molecular flexibility index (Phi) is 3.90. The van der Waals surface area contributed by atoms with E-state index in [9.17, 15) is 8.42 Å². The molecule has 2 rings (SSSR count). The summed E-state index contributed by atoms with van der Waals surface area (Å²) >= 11 is 5.79. The molecule has 2 aromatic rings. The van der Waals surface area contributed by atoms with Gasteiger partial charge in [-0.2, -0.15) is 5.10 Å². The number of aromatic amines is 1. The van der Waals surface area contributed by atoms with Crippen LogP contribution in [-0.4, -0.2) is 18.6 Å². The molecule has 0 saturated carbocycles. The molecule has 0 saturated heterocycles. The second-order valence-electron chi connectivity index (χ2n) is 5.71. The van der Waals surface area contributed by atoms with Crippen LogP contribution in [0.25, 0.3) is 0 Å². The van der Waals surface area contributed by atoms with Gasteiger partial charge < -0.3 is 5.73 Å². The predicted molar refractivity (Wildman–Crippen MR) is 84.0 cm³/mol. The van der Waals surface area contributed by atoms with Crippen molar-refractivity contribution in [1.29, 1.82) is 0 Å². The lowest BCUT2D eigenvalue weighted by atomic mass is 9.92. The van der Waals surface area contributed by atoms with Gasteiger partial charge in [0.15, 0.2) is 5.82 Å². The number of sulfonamides is 1. The number of rotatable bonds is 3. The number of aromatic nitrogens is 2. The molecular weight excluding hydrogens is 312 g/mol. The van der Waals surface area contributed by atoms with E-state index in [0.717, 1.165) is 5.69 Å². The van der Waals surface area contributed by atoms with E-state index in [2.05, 4.69) is 14.9 Å². The lowest BCUT2D eigenvalue weighted by molar-refractivity contribution is 0.567. The van der Waals surface area contributed by atoms with Gasteiger partial charge in [0, 0.05) is 17.2 Å². The zero-order valence-electron chi connectivity index (χ0n) is 11.9. The SMILES string of the molecule is CC(C)(C)c1cc(NS(=O)(=O)c2ccc(Cl)c(N)c2)n[nH]1. The summed E-state index contributed by atoms with van der Waals surface area (Å²) in [5, 5.41) is 7.09. The largest absolute Gasteiger partial charge is 0.397 e. The summed E-state index contributed by atoms with van der Waals surface area (Å²) in [7, 11) is -3.76. The van der Waals surface area contributed by atoms with Gasteiger partial charge in [0.05, 0.1) is 15.6 Å². The Hall–Kier alpha value is -1.73. The van der Waals surface area contributed by atoms with Crippen molar-refractivity contribution in [3.63, 3.8) is 0 Å². The van der Waals surface area contributed by atoms with Crippen LogP contribution in [0.4, 0.5) is 11.5 Å². The molecule has 0 aliphatic heterocycles. The number of halogens is 1. The molecule has 0 radical (unpaired) electrons. The highest BCUT2D eigenvalue weighted by Gasteiger charge is 2.20. The second kappa shape index (κ2) is 5.23. The van der Waals surface area contributed by atoms with Gasteiger partial charge in [0.1, 0.15) is 0 Å². The van der Waals surface area contributed by atoms with Crippen LogP contribution in [-0.2, 0) is 15.4 Å². The number of hydrogen-bond donors (Lipinski definition) is 3. The lowest BCUT2D eigenvalue weighted by Crippen LogP contribution is -2.13. The Labute approximate surface area is 128 Å². The van der Waals surface area contributed by atoms with Crippen LogP contribution < -0.4 is 10.5 Å². The number of nitrogens with two attached hydrogens (primary N) is 1. The predicted octanol–water partition coefficient (Wildman–Crippen LogP) is 2.74. The minimum atomic E-state index is -3.76. The van der Waals surface area contributed by atoms with Crippen LogP contribution in [0.1, 0.15) is 26.5 Å². The number of hydrogen-bond acceptors (Lipinski definition) is 4. The van der Waals surface area contributed by atoms with Gasteiger partial charge in [-0.1, -0.05) is 32.4 Å². The Balaban J connectivity index is 2.29. The van der Waals surface area contributed by atoms with E-state index in [1.54, 1.807) is 6.07 Å². The van der Waals surface area contributed by atoms with Gasteiger partial charge in [-0.25, -0.2) is 8.42 Å². The first-order chi connectivity index (χ1) is 9.59. The summed E-state index contributed by atoms with van der Waals surface area (Å²) in [4.78, 5) is 0.0321. The summed E-state index contributed by atoms with van der Waals surface area (Å²) in [5.74, 6) is 0.230. The van der Waals surface area contributed by atoms with E-state index in [-0.39, 0.29) is 21.8 Å². The molecule has 1 aromatic heterocycles. The molecule has 0 unspecified atom stereocenters. The van der Waals surface area contributed by atoms with E-state index in [0.29, 0.717) is 5.02 Å². The molecular formula is C13H17ClN4O2S. The van der Waals surface area contributed by atoms with Crippen LogP contribution in [0.2, 0.25) is 5.02 Å². The van der Waals surface area contributed by atoms with Gasteiger partial charge >= 0.3 is 0 Å². The number of anilines is 2. The summed E-state index contributed by atoms with van der Waals surface area (Å²) < 4.78 is 26.9. The second-order valence-corrected chi connectivity index (χ2v) is 7.80. The molecule has 6 nitrogen and oxygen atoms in total. The highest BCUT2D eigenvalue weighted by Crippen LogP contribution is 2.25. The lowest BCUT2D eigenvalue weighted by Gasteiger charge is -2.14. The molecule has 1 aromatic carbocycles. The highest BCUT2D eigenvalue weighted by molar-refractivity contribution is 7.92. The zero-order valence-corrected chi connectivity index (χ0v) is 13.5. The van der Waals surface area contributed by atoms with Crippen molar-refractivity contribution >= 4 is 33.1 Å². The van der Waals surface area contributed by atoms with Crippen molar-refractivity contribution in [2.75, 3.05) is 10.5 Å². The van der Waals surface area contributed by atoms with Crippen molar-refractivity contribution in [1.82, 2.24) is 10.2 Å². The van der Waals surface area contributed by atoms with E-state index < -0.39 is 10.0 Å². The molecule has 8 heteroatoms. The number of benzene rings is 1. The topological polar surface area (TPSA) is 101 Å². The first-order valence-corrected chi connectivity index (χ1v) is 8.09. The standard InChI is InChI=1S/C13H17ClN4O2S/c1-13(2,3)11-7-12(17-16-11)18-21(19,20)8-4-5-9(14)10(15)6-8/h4-7H,15H2,1-3H3,(H2,16,17,18). The molecule has 4 N–H and O–H groups in total. The maximum absolute atomic E-state index is 12.3. The van der Waals surface area contributed by atoms with Crippen LogP contribution in [0.3, 0.4) is 0 Å². The maximum atomic E-state index is 12.3. The van der Waals surface area contributed by atoms with Crippen molar-refractivity contribution < 1.29 is 8.42 Å². The van der Waals surface area contributed by atoms with Crippen LogP contribution in [0.5, 0.6) is 0 Å². The van der Waals surface area contributed by atoms with Gasteiger partial charge in [0.2, 0.25) is 0 Å². The maximum Gasteiger partial charge on any atom is 0.263 e. The average molecular weight is 329 g/mol. The molecule has 0 atom stereocenters. The summed E-state index contributed by atoms with van der Waals surface area (Å²) in [5.41, 5.74) is 6.51. The smallest absolute Gasteiger partial charge is 0.263 e. The number of nitrogens with zero attached hydrogens (tertiary/aromatic N) is 1. The van der Waals surface area contributed by atoms with Crippen molar-refractivity contribution in [3.8, 4) is 0 Å². The monoisotopic (exact) mass is 328 g/mol. The Morgan fingerprint density at radius 3 is 2.48 bits per heavy atom.